The molecular formula is C17H19BrFN. The smallest absolute Gasteiger partial charge is 0.123 e. The summed E-state index contributed by atoms with van der Waals surface area (Å²) in [6.07, 6.45) is 1.06. The second-order valence-corrected chi connectivity index (χ2v) is 5.80. The van der Waals surface area contributed by atoms with Crippen LogP contribution in [0.5, 0.6) is 0 Å². The van der Waals surface area contributed by atoms with Gasteiger partial charge in [-0.3, -0.25) is 0 Å². The molecule has 1 N–H and O–H groups in total. The van der Waals surface area contributed by atoms with Crippen molar-refractivity contribution in [2.75, 3.05) is 6.54 Å². The van der Waals surface area contributed by atoms with E-state index in [0.717, 1.165) is 23.0 Å². The Morgan fingerprint density at radius 2 is 1.75 bits per heavy atom. The van der Waals surface area contributed by atoms with E-state index in [1.165, 1.54) is 23.3 Å². The SMILES string of the molecule is CCCNC(c1ccc(F)cc1)c1ccc(C)c(Br)c1. The maximum Gasteiger partial charge on any atom is 0.123 e. The molecule has 0 heterocycles. The van der Waals surface area contributed by atoms with Gasteiger partial charge in [-0.05, 0) is 54.8 Å². The molecule has 0 aliphatic rings. The van der Waals surface area contributed by atoms with Crippen molar-refractivity contribution in [3.63, 3.8) is 0 Å². The fourth-order valence-corrected chi connectivity index (χ4v) is 2.56. The summed E-state index contributed by atoms with van der Waals surface area (Å²) in [5.74, 6) is -0.201. The minimum Gasteiger partial charge on any atom is -0.306 e. The molecule has 0 amide bonds. The van der Waals surface area contributed by atoms with Gasteiger partial charge in [0.25, 0.3) is 0 Å². The number of rotatable bonds is 5. The fourth-order valence-electron chi connectivity index (χ4n) is 2.16. The lowest BCUT2D eigenvalue weighted by Gasteiger charge is -2.20. The summed E-state index contributed by atoms with van der Waals surface area (Å²) in [5, 5.41) is 3.52. The molecule has 106 valence electrons. The highest BCUT2D eigenvalue weighted by Gasteiger charge is 2.14. The second kappa shape index (κ2) is 7.00. The first-order valence-corrected chi connectivity index (χ1v) is 7.66. The van der Waals surface area contributed by atoms with Gasteiger partial charge in [-0.15, -0.1) is 0 Å². The topological polar surface area (TPSA) is 12.0 Å². The molecule has 20 heavy (non-hydrogen) atoms. The van der Waals surface area contributed by atoms with Crippen molar-refractivity contribution in [1.82, 2.24) is 5.32 Å². The highest BCUT2D eigenvalue weighted by atomic mass is 79.9. The first kappa shape index (κ1) is 15.2. The van der Waals surface area contributed by atoms with E-state index in [9.17, 15) is 4.39 Å². The normalized spacial score (nSPS) is 12.4. The molecule has 0 spiro atoms. The standard InChI is InChI=1S/C17H19BrFN/c1-3-10-20-17(13-6-8-15(19)9-7-13)14-5-4-12(2)16(18)11-14/h4-9,11,17,20H,3,10H2,1-2H3. The van der Waals surface area contributed by atoms with Crippen LogP contribution in [0.1, 0.15) is 36.1 Å². The minimum absolute atomic E-state index is 0.0902. The van der Waals surface area contributed by atoms with Crippen LogP contribution < -0.4 is 5.32 Å². The Bertz CT molecular complexity index is 566. The molecule has 0 aliphatic heterocycles. The average Bonchev–Trinajstić information content (AvgIpc) is 2.45. The van der Waals surface area contributed by atoms with Crippen LogP contribution in [0.15, 0.2) is 46.9 Å². The van der Waals surface area contributed by atoms with Crippen LogP contribution in [-0.4, -0.2) is 6.54 Å². The van der Waals surface area contributed by atoms with Crippen LogP contribution in [0.25, 0.3) is 0 Å². The van der Waals surface area contributed by atoms with Gasteiger partial charge in [0.05, 0.1) is 6.04 Å². The summed E-state index contributed by atoms with van der Waals surface area (Å²) >= 11 is 3.58. The molecule has 2 aromatic rings. The summed E-state index contributed by atoms with van der Waals surface area (Å²) in [6, 6.07) is 13.2. The molecule has 0 saturated heterocycles. The Kier molecular flexibility index (Phi) is 5.32. The van der Waals surface area contributed by atoms with Crippen LogP contribution in [0.2, 0.25) is 0 Å². The van der Waals surface area contributed by atoms with Crippen molar-refractivity contribution in [2.24, 2.45) is 0 Å². The maximum atomic E-state index is 13.1. The van der Waals surface area contributed by atoms with E-state index in [-0.39, 0.29) is 11.9 Å². The van der Waals surface area contributed by atoms with Gasteiger partial charge >= 0.3 is 0 Å². The average molecular weight is 336 g/mol. The number of benzene rings is 2. The quantitative estimate of drug-likeness (QED) is 0.811. The summed E-state index contributed by atoms with van der Waals surface area (Å²) in [6.45, 7) is 5.13. The summed E-state index contributed by atoms with van der Waals surface area (Å²) in [4.78, 5) is 0. The Morgan fingerprint density at radius 1 is 1.10 bits per heavy atom. The summed E-state index contributed by atoms with van der Waals surface area (Å²) in [5.41, 5.74) is 3.47. The predicted molar refractivity (Wildman–Crippen MR) is 85.4 cm³/mol. The predicted octanol–water partition coefficient (Wildman–Crippen LogP) is 4.99. The summed E-state index contributed by atoms with van der Waals surface area (Å²) < 4.78 is 14.2. The van der Waals surface area contributed by atoms with E-state index < -0.39 is 0 Å². The largest absolute Gasteiger partial charge is 0.306 e. The van der Waals surface area contributed by atoms with Crippen molar-refractivity contribution in [3.8, 4) is 0 Å². The van der Waals surface area contributed by atoms with Gasteiger partial charge in [0.1, 0.15) is 5.82 Å². The van der Waals surface area contributed by atoms with Gasteiger partial charge in [-0.1, -0.05) is 47.1 Å². The van der Waals surface area contributed by atoms with Gasteiger partial charge < -0.3 is 5.32 Å². The first-order valence-electron chi connectivity index (χ1n) is 6.86. The van der Waals surface area contributed by atoms with E-state index in [4.69, 9.17) is 0 Å². The van der Waals surface area contributed by atoms with E-state index in [2.05, 4.69) is 53.3 Å². The van der Waals surface area contributed by atoms with Gasteiger partial charge in [0.15, 0.2) is 0 Å². The molecule has 0 saturated carbocycles. The van der Waals surface area contributed by atoms with Crippen molar-refractivity contribution in [2.45, 2.75) is 26.3 Å². The Hall–Kier alpha value is -1.19. The zero-order valence-electron chi connectivity index (χ0n) is 11.8. The van der Waals surface area contributed by atoms with Crippen molar-refractivity contribution in [1.29, 1.82) is 0 Å². The molecular weight excluding hydrogens is 317 g/mol. The lowest BCUT2D eigenvalue weighted by Crippen LogP contribution is -2.23. The molecule has 1 atom stereocenters. The van der Waals surface area contributed by atoms with Crippen molar-refractivity contribution in [3.05, 3.63) is 69.4 Å². The molecule has 3 heteroatoms. The van der Waals surface area contributed by atoms with Gasteiger partial charge in [0, 0.05) is 4.47 Å². The zero-order valence-corrected chi connectivity index (χ0v) is 13.4. The van der Waals surface area contributed by atoms with Crippen LogP contribution in [0.4, 0.5) is 4.39 Å². The molecule has 0 fully saturated rings. The highest BCUT2D eigenvalue weighted by Crippen LogP contribution is 2.26. The molecule has 0 radical (unpaired) electrons. The lowest BCUT2D eigenvalue weighted by atomic mass is 9.97. The third-order valence-electron chi connectivity index (χ3n) is 3.33. The molecule has 1 nitrogen and oxygen atoms in total. The monoisotopic (exact) mass is 335 g/mol. The molecule has 2 aromatic carbocycles. The lowest BCUT2D eigenvalue weighted by molar-refractivity contribution is 0.593. The number of halogens is 2. The van der Waals surface area contributed by atoms with E-state index in [1.807, 2.05) is 12.1 Å². The minimum atomic E-state index is -0.201. The van der Waals surface area contributed by atoms with Gasteiger partial charge in [-0.2, -0.15) is 0 Å². The van der Waals surface area contributed by atoms with Crippen LogP contribution in [0.3, 0.4) is 0 Å². The molecule has 2 rings (SSSR count). The zero-order chi connectivity index (χ0) is 14.5. The Labute approximate surface area is 128 Å². The number of aryl methyl sites for hydroxylation is 1. The van der Waals surface area contributed by atoms with E-state index >= 15 is 0 Å². The third kappa shape index (κ3) is 3.68. The van der Waals surface area contributed by atoms with Crippen molar-refractivity contribution >= 4 is 15.9 Å². The van der Waals surface area contributed by atoms with Crippen LogP contribution in [-0.2, 0) is 0 Å². The Balaban J connectivity index is 2.35. The molecule has 1 unspecified atom stereocenters. The highest BCUT2D eigenvalue weighted by molar-refractivity contribution is 9.10. The second-order valence-electron chi connectivity index (χ2n) is 4.95. The fraction of sp³-hybridized carbons (Fsp3) is 0.294. The van der Waals surface area contributed by atoms with Crippen LogP contribution >= 0.6 is 15.9 Å². The molecule has 0 aliphatic carbocycles. The summed E-state index contributed by atoms with van der Waals surface area (Å²) in [7, 11) is 0. The van der Waals surface area contributed by atoms with Crippen molar-refractivity contribution < 1.29 is 4.39 Å². The molecule has 0 bridgehead atoms. The maximum absolute atomic E-state index is 13.1. The number of hydrogen-bond donors (Lipinski definition) is 1. The van der Waals surface area contributed by atoms with E-state index in [1.54, 1.807) is 0 Å². The van der Waals surface area contributed by atoms with Crippen LogP contribution in [0, 0.1) is 12.7 Å². The van der Waals surface area contributed by atoms with Gasteiger partial charge in [-0.25, -0.2) is 4.39 Å². The number of hydrogen-bond acceptors (Lipinski definition) is 1. The first-order chi connectivity index (χ1) is 9.61. The molecule has 0 aromatic heterocycles. The number of nitrogens with one attached hydrogen (secondary N) is 1. The van der Waals surface area contributed by atoms with Gasteiger partial charge in [0.2, 0.25) is 0 Å². The third-order valence-corrected chi connectivity index (χ3v) is 4.19. The van der Waals surface area contributed by atoms with E-state index in [0.29, 0.717) is 0 Å². The Morgan fingerprint density at radius 3 is 2.35 bits per heavy atom.